The lowest BCUT2D eigenvalue weighted by atomic mass is 9.49. The highest BCUT2D eigenvalue weighted by molar-refractivity contribution is 5.83. The van der Waals surface area contributed by atoms with E-state index in [4.69, 9.17) is 4.74 Å². The third-order valence-electron chi connectivity index (χ3n) is 6.93. The number of ether oxygens (including phenoxy) is 1. The van der Waals surface area contributed by atoms with Crippen LogP contribution >= 0.6 is 0 Å². The second-order valence-electron chi connectivity index (χ2n) is 8.84. The van der Waals surface area contributed by atoms with Crippen molar-refractivity contribution < 1.29 is 14.3 Å². The van der Waals surface area contributed by atoms with Crippen LogP contribution in [-0.4, -0.2) is 36.5 Å². The third-order valence-corrected chi connectivity index (χ3v) is 6.93. The molecule has 0 spiro atoms. The minimum atomic E-state index is -0.245. The molecule has 4 aliphatic carbocycles. The molecule has 4 nitrogen and oxygen atoms in total. The van der Waals surface area contributed by atoms with Gasteiger partial charge in [0, 0.05) is 13.1 Å². The molecule has 0 radical (unpaired) electrons. The molecule has 0 aromatic heterocycles. The Bertz CT molecular complexity index is 458. The molecule has 0 unspecified atom stereocenters. The molecule has 0 N–H and O–H groups in total. The fraction of sp³-hybridized carbons (Fsp3) is 0.895. The summed E-state index contributed by atoms with van der Waals surface area (Å²) in [7, 11) is 0. The van der Waals surface area contributed by atoms with Crippen LogP contribution in [0, 0.1) is 29.1 Å². The molecule has 4 saturated carbocycles. The van der Waals surface area contributed by atoms with Gasteiger partial charge in [0.05, 0.1) is 5.41 Å². The van der Waals surface area contributed by atoms with Gasteiger partial charge in [-0.2, -0.15) is 0 Å². The fourth-order valence-electron chi connectivity index (χ4n) is 5.99. The van der Waals surface area contributed by atoms with Crippen LogP contribution in [0.1, 0.15) is 58.3 Å². The molecule has 5 fully saturated rings. The van der Waals surface area contributed by atoms with Crippen LogP contribution in [0.3, 0.4) is 0 Å². The highest BCUT2D eigenvalue weighted by atomic mass is 16.5. The summed E-state index contributed by atoms with van der Waals surface area (Å²) in [4.78, 5) is 26.9. The molecule has 5 rings (SSSR count). The fourth-order valence-corrected chi connectivity index (χ4v) is 5.99. The summed E-state index contributed by atoms with van der Waals surface area (Å²) < 4.78 is 5.54. The van der Waals surface area contributed by atoms with E-state index in [1.54, 1.807) is 0 Å². The van der Waals surface area contributed by atoms with Crippen LogP contribution in [-0.2, 0) is 14.3 Å². The predicted octanol–water partition coefficient (Wildman–Crippen LogP) is 3.00. The number of esters is 1. The Morgan fingerprint density at radius 1 is 1.00 bits per heavy atom. The molecule has 0 atom stereocenters. The van der Waals surface area contributed by atoms with Gasteiger partial charge in [0.25, 0.3) is 5.91 Å². The number of likely N-dealkylation sites (tertiary alicyclic amines) is 1. The van der Waals surface area contributed by atoms with E-state index >= 15 is 0 Å². The molecular weight excluding hydrogens is 290 g/mol. The molecular formula is C19H29NO3. The maximum absolute atomic E-state index is 12.7. The quantitative estimate of drug-likeness (QED) is 0.751. The van der Waals surface area contributed by atoms with Crippen molar-refractivity contribution in [3.05, 3.63) is 0 Å². The zero-order valence-corrected chi connectivity index (χ0v) is 14.3. The number of nitrogens with zero attached hydrogens (tertiary/aromatic N) is 1. The van der Waals surface area contributed by atoms with Crippen molar-refractivity contribution in [2.45, 2.75) is 58.3 Å². The Kier molecular flexibility index (Phi) is 3.89. The first-order chi connectivity index (χ1) is 11.0. The monoisotopic (exact) mass is 319 g/mol. The van der Waals surface area contributed by atoms with Gasteiger partial charge in [0.15, 0.2) is 6.61 Å². The first kappa shape index (κ1) is 15.5. The Balaban J connectivity index is 1.33. The maximum Gasteiger partial charge on any atom is 0.312 e. The van der Waals surface area contributed by atoms with Crippen molar-refractivity contribution >= 4 is 11.9 Å². The second-order valence-corrected chi connectivity index (χ2v) is 8.84. The van der Waals surface area contributed by atoms with E-state index in [0.717, 1.165) is 62.9 Å². The topological polar surface area (TPSA) is 46.6 Å². The number of piperidine rings is 1. The average Bonchev–Trinajstić information content (AvgIpc) is 2.51. The smallest absolute Gasteiger partial charge is 0.312 e. The van der Waals surface area contributed by atoms with Crippen LogP contribution in [0.15, 0.2) is 0 Å². The van der Waals surface area contributed by atoms with E-state index in [1.165, 1.54) is 19.3 Å². The van der Waals surface area contributed by atoms with E-state index in [2.05, 4.69) is 6.92 Å². The minimum absolute atomic E-state index is 0.00465. The van der Waals surface area contributed by atoms with Crippen LogP contribution in [0.5, 0.6) is 0 Å². The lowest BCUT2D eigenvalue weighted by molar-refractivity contribution is -0.174. The third kappa shape index (κ3) is 2.89. The van der Waals surface area contributed by atoms with Crippen molar-refractivity contribution in [1.29, 1.82) is 0 Å². The molecule has 5 aliphatic rings. The number of hydrogen-bond donors (Lipinski definition) is 0. The van der Waals surface area contributed by atoms with Gasteiger partial charge in [0.1, 0.15) is 0 Å². The molecule has 4 bridgehead atoms. The summed E-state index contributed by atoms with van der Waals surface area (Å²) in [5.41, 5.74) is -0.245. The summed E-state index contributed by atoms with van der Waals surface area (Å²) in [5.74, 6) is 2.81. The zero-order valence-electron chi connectivity index (χ0n) is 14.3. The number of carbonyl (C=O) groups excluding carboxylic acids is 2. The Hall–Kier alpha value is -1.06. The Labute approximate surface area is 138 Å². The molecule has 23 heavy (non-hydrogen) atoms. The van der Waals surface area contributed by atoms with Gasteiger partial charge in [-0.05, 0) is 75.0 Å². The number of carbonyl (C=O) groups is 2. The standard InChI is InChI=1S/C19H29NO3/c1-13-2-4-20(5-3-13)17(21)12-23-18(22)19-9-14-6-15(10-19)8-16(7-14)11-19/h13-16H,2-12H2,1H3. The molecule has 4 heteroatoms. The van der Waals surface area contributed by atoms with E-state index < -0.39 is 0 Å². The number of hydrogen-bond acceptors (Lipinski definition) is 3. The number of amides is 1. The van der Waals surface area contributed by atoms with E-state index in [9.17, 15) is 9.59 Å². The Morgan fingerprint density at radius 2 is 1.52 bits per heavy atom. The van der Waals surface area contributed by atoms with Crippen LogP contribution in [0.25, 0.3) is 0 Å². The summed E-state index contributed by atoms with van der Waals surface area (Å²) >= 11 is 0. The zero-order chi connectivity index (χ0) is 16.0. The lowest BCUT2D eigenvalue weighted by Crippen LogP contribution is -2.51. The summed E-state index contributed by atoms with van der Waals surface area (Å²) in [5, 5.41) is 0. The molecule has 128 valence electrons. The summed E-state index contributed by atoms with van der Waals surface area (Å²) in [6.45, 7) is 3.81. The van der Waals surface area contributed by atoms with Gasteiger partial charge >= 0.3 is 5.97 Å². The average molecular weight is 319 g/mol. The molecule has 1 heterocycles. The maximum atomic E-state index is 12.7. The van der Waals surface area contributed by atoms with Gasteiger partial charge in [-0.15, -0.1) is 0 Å². The molecule has 1 amide bonds. The van der Waals surface area contributed by atoms with Crippen molar-refractivity contribution in [3.8, 4) is 0 Å². The second kappa shape index (κ2) is 5.78. The van der Waals surface area contributed by atoms with Crippen molar-refractivity contribution in [2.75, 3.05) is 19.7 Å². The van der Waals surface area contributed by atoms with Gasteiger partial charge in [0.2, 0.25) is 0 Å². The summed E-state index contributed by atoms with van der Waals surface area (Å²) in [6.07, 6.45) is 9.10. The minimum Gasteiger partial charge on any atom is -0.455 e. The Morgan fingerprint density at radius 3 is 2.04 bits per heavy atom. The normalized spacial score (nSPS) is 39.5. The highest BCUT2D eigenvalue weighted by Crippen LogP contribution is 2.60. The van der Waals surface area contributed by atoms with Gasteiger partial charge in [-0.1, -0.05) is 6.92 Å². The van der Waals surface area contributed by atoms with Crippen LogP contribution in [0.4, 0.5) is 0 Å². The van der Waals surface area contributed by atoms with Gasteiger partial charge in [-0.3, -0.25) is 9.59 Å². The van der Waals surface area contributed by atoms with E-state index in [-0.39, 0.29) is 23.9 Å². The van der Waals surface area contributed by atoms with E-state index in [0.29, 0.717) is 5.92 Å². The lowest BCUT2D eigenvalue weighted by Gasteiger charge is -2.55. The van der Waals surface area contributed by atoms with Gasteiger partial charge in [-0.25, -0.2) is 0 Å². The van der Waals surface area contributed by atoms with Gasteiger partial charge < -0.3 is 9.64 Å². The SMILES string of the molecule is CC1CCN(C(=O)COC(=O)C23CC4CC(CC(C4)C2)C3)CC1. The number of rotatable bonds is 3. The van der Waals surface area contributed by atoms with Crippen LogP contribution < -0.4 is 0 Å². The largest absolute Gasteiger partial charge is 0.455 e. The molecule has 0 aromatic rings. The molecule has 1 aliphatic heterocycles. The van der Waals surface area contributed by atoms with Crippen LogP contribution in [0.2, 0.25) is 0 Å². The molecule has 1 saturated heterocycles. The van der Waals surface area contributed by atoms with E-state index in [1.807, 2.05) is 4.90 Å². The first-order valence-corrected chi connectivity index (χ1v) is 9.49. The van der Waals surface area contributed by atoms with Crippen molar-refractivity contribution in [1.82, 2.24) is 4.90 Å². The summed E-state index contributed by atoms with van der Waals surface area (Å²) in [6, 6.07) is 0. The van der Waals surface area contributed by atoms with Crippen molar-refractivity contribution in [3.63, 3.8) is 0 Å². The molecule has 0 aromatic carbocycles. The highest BCUT2D eigenvalue weighted by Gasteiger charge is 2.55. The predicted molar refractivity (Wildman–Crippen MR) is 86.5 cm³/mol. The van der Waals surface area contributed by atoms with Crippen molar-refractivity contribution in [2.24, 2.45) is 29.1 Å². The first-order valence-electron chi connectivity index (χ1n) is 9.49.